The van der Waals surface area contributed by atoms with Crippen LogP contribution in [-0.2, 0) is 20.3 Å². The lowest BCUT2D eigenvalue weighted by Crippen LogP contribution is -2.21. The smallest absolute Gasteiger partial charge is 0.157 e. The number of nitrogens with two attached hydrogens (primary N) is 1. The van der Waals surface area contributed by atoms with Crippen molar-refractivity contribution in [1.29, 1.82) is 0 Å². The standard InChI is InChI=1S/C12H16ClNO3S/c13-11-4-1-5-12(14)10(11)8-18(15,16)7-9-3-2-6-17-9/h1,4-5,9H,2-3,6-8,14H2. The van der Waals surface area contributed by atoms with E-state index in [1.165, 1.54) is 0 Å². The van der Waals surface area contributed by atoms with Crippen molar-refractivity contribution in [1.82, 2.24) is 0 Å². The van der Waals surface area contributed by atoms with Gasteiger partial charge in [-0.05, 0) is 25.0 Å². The van der Waals surface area contributed by atoms with E-state index < -0.39 is 9.84 Å². The van der Waals surface area contributed by atoms with Crippen LogP contribution in [0.4, 0.5) is 5.69 Å². The van der Waals surface area contributed by atoms with Crippen LogP contribution >= 0.6 is 11.6 Å². The number of rotatable bonds is 4. The Labute approximate surface area is 112 Å². The molecule has 1 aliphatic rings. The van der Waals surface area contributed by atoms with E-state index in [0.717, 1.165) is 12.8 Å². The lowest BCUT2D eigenvalue weighted by Gasteiger charge is -2.12. The molecule has 1 aromatic carbocycles. The molecule has 0 spiro atoms. The summed E-state index contributed by atoms with van der Waals surface area (Å²) in [5.41, 5.74) is 6.66. The molecule has 1 unspecified atom stereocenters. The Bertz CT molecular complexity index is 504. The highest BCUT2D eigenvalue weighted by atomic mass is 35.5. The molecule has 1 saturated heterocycles. The van der Waals surface area contributed by atoms with Gasteiger partial charge >= 0.3 is 0 Å². The highest BCUT2D eigenvalue weighted by Gasteiger charge is 2.24. The number of hydrogen-bond donors (Lipinski definition) is 1. The molecule has 1 heterocycles. The zero-order valence-corrected chi connectivity index (χ0v) is 11.5. The molecule has 0 bridgehead atoms. The minimum atomic E-state index is -3.25. The quantitative estimate of drug-likeness (QED) is 0.861. The molecule has 6 heteroatoms. The molecule has 1 aliphatic heterocycles. The lowest BCUT2D eigenvalue weighted by atomic mass is 10.2. The fourth-order valence-corrected chi connectivity index (χ4v) is 4.10. The Balaban J connectivity index is 2.12. The van der Waals surface area contributed by atoms with E-state index in [0.29, 0.717) is 22.9 Å². The van der Waals surface area contributed by atoms with Crippen molar-refractivity contribution in [2.45, 2.75) is 24.7 Å². The zero-order valence-electron chi connectivity index (χ0n) is 9.93. The molecule has 0 aliphatic carbocycles. The van der Waals surface area contributed by atoms with Gasteiger partial charge in [0.2, 0.25) is 0 Å². The van der Waals surface area contributed by atoms with Crippen LogP contribution in [0, 0.1) is 0 Å². The molecule has 2 rings (SSSR count). The van der Waals surface area contributed by atoms with Crippen LogP contribution in [0.25, 0.3) is 0 Å². The molecule has 0 saturated carbocycles. The molecule has 4 nitrogen and oxygen atoms in total. The van der Waals surface area contributed by atoms with Gasteiger partial charge in [-0.1, -0.05) is 17.7 Å². The summed E-state index contributed by atoms with van der Waals surface area (Å²) in [6.07, 6.45) is 1.55. The Morgan fingerprint density at radius 3 is 2.83 bits per heavy atom. The number of nitrogen functional groups attached to an aromatic ring is 1. The fraction of sp³-hybridized carbons (Fsp3) is 0.500. The van der Waals surface area contributed by atoms with Gasteiger partial charge < -0.3 is 10.5 Å². The Morgan fingerprint density at radius 2 is 2.22 bits per heavy atom. The van der Waals surface area contributed by atoms with Crippen LogP contribution in [0.3, 0.4) is 0 Å². The maximum atomic E-state index is 12.1. The molecule has 0 radical (unpaired) electrons. The molecular formula is C12H16ClNO3S. The summed E-state index contributed by atoms with van der Waals surface area (Å²) in [6, 6.07) is 5.01. The van der Waals surface area contributed by atoms with Gasteiger partial charge in [-0.15, -0.1) is 0 Å². The van der Waals surface area contributed by atoms with Crippen LogP contribution in [0.5, 0.6) is 0 Å². The summed E-state index contributed by atoms with van der Waals surface area (Å²) >= 11 is 5.98. The predicted molar refractivity (Wildman–Crippen MR) is 72.3 cm³/mol. The average molecular weight is 290 g/mol. The van der Waals surface area contributed by atoms with Gasteiger partial charge in [0.05, 0.1) is 17.6 Å². The Hall–Kier alpha value is -0.780. The molecule has 1 atom stereocenters. The van der Waals surface area contributed by atoms with Crippen LogP contribution in [-0.4, -0.2) is 26.9 Å². The van der Waals surface area contributed by atoms with Crippen molar-refractivity contribution in [3.05, 3.63) is 28.8 Å². The van der Waals surface area contributed by atoms with E-state index in [-0.39, 0.29) is 17.6 Å². The van der Waals surface area contributed by atoms with Gasteiger partial charge in [-0.2, -0.15) is 0 Å². The molecule has 0 amide bonds. The molecule has 100 valence electrons. The highest BCUT2D eigenvalue weighted by molar-refractivity contribution is 7.90. The maximum Gasteiger partial charge on any atom is 0.157 e. The first kappa shape index (κ1) is 13.6. The van der Waals surface area contributed by atoms with Crippen molar-refractivity contribution in [2.75, 3.05) is 18.1 Å². The van der Waals surface area contributed by atoms with Crippen LogP contribution in [0.15, 0.2) is 18.2 Å². The molecular weight excluding hydrogens is 274 g/mol. The van der Waals surface area contributed by atoms with Crippen LogP contribution in [0.1, 0.15) is 18.4 Å². The molecule has 1 fully saturated rings. The molecule has 18 heavy (non-hydrogen) atoms. The van der Waals surface area contributed by atoms with Crippen LogP contribution in [0.2, 0.25) is 5.02 Å². The average Bonchev–Trinajstić information content (AvgIpc) is 2.75. The van der Waals surface area contributed by atoms with Gasteiger partial charge in [0.25, 0.3) is 0 Å². The van der Waals surface area contributed by atoms with Crippen molar-refractivity contribution in [3.8, 4) is 0 Å². The van der Waals surface area contributed by atoms with E-state index in [4.69, 9.17) is 22.1 Å². The summed E-state index contributed by atoms with van der Waals surface area (Å²) in [6.45, 7) is 0.647. The molecule has 1 aromatic rings. The number of benzene rings is 1. The predicted octanol–water partition coefficient (Wildman–Crippen LogP) is 2.02. The van der Waals surface area contributed by atoms with E-state index in [2.05, 4.69) is 0 Å². The first-order chi connectivity index (χ1) is 8.48. The summed E-state index contributed by atoms with van der Waals surface area (Å²) in [4.78, 5) is 0. The normalized spacial score (nSPS) is 20.2. The number of ether oxygens (including phenoxy) is 1. The second kappa shape index (κ2) is 5.47. The highest BCUT2D eigenvalue weighted by Crippen LogP contribution is 2.25. The third-order valence-electron chi connectivity index (χ3n) is 2.98. The maximum absolute atomic E-state index is 12.1. The topological polar surface area (TPSA) is 69.4 Å². The fourth-order valence-electron chi connectivity index (χ4n) is 2.07. The first-order valence-electron chi connectivity index (χ1n) is 5.83. The summed E-state index contributed by atoms with van der Waals surface area (Å²) in [5.74, 6) is -0.0873. The van der Waals surface area contributed by atoms with E-state index >= 15 is 0 Å². The van der Waals surface area contributed by atoms with E-state index in [1.807, 2.05) is 0 Å². The number of halogens is 1. The number of anilines is 1. The lowest BCUT2D eigenvalue weighted by molar-refractivity contribution is 0.127. The summed E-state index contributed by atoms with van der Waals surface area (Å²) in [5, 5.41) is 0.394. The van der Waals surface area contributed by atoms with Crippen LogP contribution < -0.4 is 5.73 Å². The van der Waals surface area contributed by atoms with Gasteiger partial charge in [-0.3, -0.25) is 0 Å². The molecule has 2 N–H and O–H groups in total. The van der Waals surface area contributed by atoms with Gasteiger partial charge in [0, 0.05) is 22.9 Å². The van der Waals surface area contributed by atoms with Crippen molar-refractivity contribution in [2.24, 2.45) is 0 Å². The summed E-state index contributed by atoms with van der Waals surface area (Å²) in [7, 11) is -3.25. The minimum absolute atomic E-state index is 0.0393. The van der Waals surface area contributed by atoms with Crippen molar-refractivity contribution >= 4 is 27.1 Å². The van der Waals surface area contributed by atoms with Gasteiger partial charge in [0.15, 0.2) is 9.84 Å². The van der Waals surface area contributed by atoms with Gasteiger partial charge in [0.1, 0.15) is 0 Å². The second-order valence-corrected chi connectivity index (χ2v) is 7.01. The largest absolute Gasteiger partial charge is 0.398 e. The Morgan fingerprint density at radius 1 is 1.44 bits per heavy atom. The number of hydrogen-bond acceptors (Lipinski definition) is 4. The monoisotopic (exact) mass is 289 g/mol. The van der Waals surface area contributed by atoms with Gasteiger partial charge in [-0.25, -0.2) is 8.42 Å². The van der Waals surface area contributed by atoms with E-state index in [9.17, 15) is 8.42 Å². The SMILES string of the molecule is Nc1cccc(Cl)c1CS(=O)(=O)CC1CCCO1. The molecule has 0 aromatic heterocycles. The second-order valence-electron chi connectivity index (χ2n) is 4.50. The Kier molecular flexibility index (Phi) is 4.14. The third-order valence-corrected chi connectivity index (χ3v) is 4.95. The minimum Gasteiger partial charge on any atom is -0.398 e. The first-order valence-corrected chi connectivity index (χ1v) is 8.03. The van der Waals surface area contributed by atoms with Crippen molar-refractivity contribution < 1.29 is 13.2 Å². The third kappa shape index (κ3) is 3.37. The van der Waals surface area contributed by atoms with Crippen molar-refractivity contribution in [3.63, 3.8) is 0 Å². The number of sulfone groups is 1. The zero-order chi connectivity index (χ0) is 13.2. The van der Waals surface area contributed by atoms with E-state index in [1.54, 1.807) is 18.2 Å². The summed E-state index contributed by atoms with van der Waals surface area (Å²) < 4.78 is 29.5.